The van der Waals surface area contributed by atoms with Crippen LogP contribution >= 0.6 is 0 Å². The minimum absolute atomic E-state index is 0.169. The average molecular weight is 192 g/mol. The molecule has 0 amide bonds. The Balaban J connectivity index is 2.74. The first-order chi connectivity index (χ1) is 6.76. The zero-order valence-electron chi connectivity index (χ0n) is 7.48. The summed E-state index contributed by atoms with van der Waals surface area (Å²) < 4.78 is 9.95. The van der Waals surface area contributed by atoms with Crippen LogP contribution in [0.5, 0.6) is 11.7 Å². The van der Waals surface area contributed by atoms with Crippen LogP contribution in [-0.2, 0) is 0 Å². The van der Waals surface area contributed by atoms with E-state index in [0.717, 1.165) is 0 Å². The molecule has 0 saturated carbocycles. The molecule has 0 aliphatic heterocycles. The van der Waals surface area contributed by atoms with Gasteiger partial charge in [0.2, 0.25) is 0 Å². The summed E-state index contributed by atoms with van der Waals surface area (Å²) in [4.78, 5) is 10.6. The second-order valence-corrected chi connectivity index (χ2v) is 2.80. The molecule has 0 aliphatic carbocycles. The molecule has 0 atom stereocenters. The number of hydrogen-bond acceptors (Lipinski definition) is 4. The highest BCUT2D eigenvalue weighted by Gasteiger charge is 2.12. The van der Waals surface area contributed by atoms with E-state index >= 15 is 0 Å². The van der Waals surface area contributed by atoms with Gasteiger partial charge in [0.15, 0.2) is 6.29 Å². The number of methoxy groups -OCH3 is 1. The molecule has 2 aromatic rings. The third kappa shape index (κ3) is 1.12. The predicted octanol–water partition coefficient (Wildman–Crippen LogP) is 1.96. The molecule has 0 fully saturated rings. The van der Waals surface area contributed by atoms with E-state index in [1.54, 1.807) is 18.2 Å². The highest BCUT2D eigenvalue weighted by atomic mass is 16.5. The molecule has 1 heterocycles. The Labute approximate surface area is 79.7 Å². The van der Waals surface area contributed by atoms with E-state index in [-0.39, 0.29) is 11.5 Å². The summed E-state index contributed by atoms with van der Waals surface area (Å²) in [5.41, 5.74) is 0.603. The first-order valence-corrected chi connectivity index (χ1v) is 4.01. The fourth-order valence-electron chi connectivity index (χ4n) is 1.32. The molecule has 72 valence electrons. The summed E-state index contributed by atoms with van der Waals surface area (Å²) in [6.45, 7) is 0. The van der Waals surface area contributed by atoms with Gasteiger partial charge in [0.25, 0.3) is 5.95 Å². The van der Waals surface area contributed by atoms with E-state index in [4.69, 9.17) is 9.15 Å². The van der Waals surface area contributed by atoms with Gasteiger partial charge < -0.3 is 14.3 Å². The fraction of sp³-hybridized carbons (Fsp3) is 0.100. The average Bonchev–Trinajstić information content (AvgIpc) is 2.51. The lowest BCUT2D eigenvalue weighted by molar-refractivity contribution is 0.112. The number of fused-ring (bicyclic) bond motifs is 1. The molecule has 1 N–H and O–H groups in total. The maximum atomic E-state index is 10.6. The molecule has 0 unspecified atom stereocenters. The Kier molecular flexibility index (Phi) is 1.89. The van der Waals surface area contributed by atoms with Gasteiger partial charge >= 0.3 is 0 Å². The summed E-state index contributed by atoms with van der Waals surface area (Å²) in [6, 6.07) is 4.98. The monoisotopic (exact) mass is 192 g/mol. The lowest BCUT2D eigenvalue weighted by Crippen LogP contribution is -1.81. The molecular weight excluding hydrogens is 184 g/mol. The SMILES string of the molecule is COc1ccc2c(C=O)c(O)oc2c1. The molecule has 1 aromatic carbocycles. The number of hydrogen-bond donors (Lipinski definition) is 1. The number of aromatic hydroxyl groups is 1. The predicted molar refractivity (Wildman–Crippen MR) is 49.8 cm³/mol. The molecule has 1 aromatic heterocycles. The van der Waals surface area contributed by atoms with Crippen molar-refractivity contribution in [3.05, 3.63) is 23.8 Å². The summed E-state index contributed by atoms with van der Waals surface area (Å²) in [5.74, 6) is 0.256. The third-order valence-electron chi connectivity index (χ3n) is 2.03. The van der Waals surface area contributed by atoms with Crippen LogP contribution in [0, 0.1) is 0 Å². The van der Waals surface area contributed by atoms with Gasteiger partial charge in [-0.2, -0.15) is 0 Å². The van der Waals surface area contributed by atoms with Crippen molar-refractivity contribution in [2.75, 3.05) is 7.11 Å². The summed E-state index contributed by atoms with van der Waals surface area (Å²) in [7, 11) is 1.53. The van der Waals surface area contributed by atoms with E-state index in [2.05, 4.69) is 0 Å². The van der Waals surface area contributed by atoms with Gasteiger partial charge in [0.1, 0.15) is 16.9 Å². The van der Waals surface area contributed by atoms with E-state index in [1.165, 1.54) is 7.11 Å². The van der Waals surface area contributed by atoms with Crippen LogP contribution in [0.3, 0.4) is 0 Å². The van der Waals surface area contributed by atoms with E-state index in [0.29, 0.717) is 23.0 Å². The van der Waals surface area contributed by atoms with Crippen LogP contribution in [0.25, 0.3) is 11.0 Å². The molecule has 14 heavy (non-hydrogen) atoms. The van der Waals surface area contributed by atoms with Gasteiger partial charge in [0, 0.05) is 11.5 Å². The summed E-state index contributed by atoms with van der Waals surface area (Å²) >= 11 is 0. The second kappa shape index (κ2) is 3.06. The number of aldehydes is 1. The molecule has 0 bridgehead atoms. The molecule has 4 heteroatoms. The highest BCUT2D eigenvalue weighted by molar-refractivity contribution is 5.98. The number of ether oxygens (including phenoxy) is 1. The van der Waals surface area contributed by atoms with Crippen LogP contribution in [0.15, 0.2) is 22.6 Å². The third-order valence-corrected chi connectivity index (χ3v) is 2.03. The van der Waals surface area contributed by atoms with Gasteiger partial charge in [-0.05, 0) is 12.1 Å². The molecular formula is C10H8O4. The fourth-order valence-corrected chi connectivity index (χ4v) is 1.32. The van der Waals surface area contributed by atoms with Crippen molar-refractivity contribution < 1.29 is 19.1 Å². The largest absolute Gasteiger partial charge is 0.497 e. The Morgan fingerprint density at radius 2 is 2.29 bits per heavy atom. The van der Waals surface area contributed by atoms with Crippen LogP contribution in [0.2, 0.25) is 0 Å². The number of carbonyl (C=O) groups is 1. The number of furan rings is 1. The van der Waals surface area contributed by atoms with Crippen LogP contribution in [-0.4, -0.2) is 18.5 Å². The Bertz CT molecular complexity index is 484. The molecule has 2 rings (SSSR count). The van der Waals surface area contributed by atoms with Gasteiger partial charge in [-0.1, -0.05) is 0 Å². The summed E-state index contributed by atoms with van der Waals surface area (Å²) in [5, 5.41) is 9.84. The van der Waals surface area contributed by atoms with Crippen molar-refractivity contribution in [2.24, 2.45) is 0 Å². The van der Waals surface area contributed by atoms with Crippen molar-refractivity contribution in [1.82, 2.24) is 0 Å². The highest BCUT2D eigenvalue weighted by Crippen LogP contribution is 2.31. The standard InChI is InChI=1S/C10H8O4/c1-13-6-2-3-7-8(5-11)10(12)14-9(7)4-6/h2-5,12H,1H3. The second-order valence-electron chi connectivity index (χ2n) is 2.80. The summed E-state index contributed by atoms with van der Waals surface area (Å²) in [6.07, 6.45) is 0.563. The van der Waals surface area contributed by atoms with Crippen molar-refractivity contribution in [3.63, 3.8) is 0 Å². The first kappa shape index (κ1) is 8.62. The molecule has 0 spiro atoms. The van der Waals surface area contributed by atoms with Gasteiger partial charge in [-0.25, -0.2) is 0 Å². The van der Waals surface area contributed by atoms with Crippen LogP contribution in [0.1, 0.15) is 10.4 Å². The van der Waals surface area contributed by atoms with Crippen molar-refractivity contribution in [1.29, 1.82) is 0 Å². The van der Waals surface area contributed by atoms with E-state index < -0.39 is 0 Å². The van der Waals surface area contributed by atoms with Gasteiger partial charge in [-0.15, -0.1) is 0 Å². The van der Waals surface area contributed by atoms with Crippen molar-refractivity contribution in [3.8, 4) is 11.7 Å². The Morgan fingerprint density at radius 3 is 2.93 bits per heavy atom. The van der Waals surface area contributed by atoms with Gasteiger partial charge in [0.05, 0.1) is 7.11 Å². The molecule has 0 aliphatic rings. The van der Waals surface area contributed by atoms with E-state index in [9.17, 15) is 9.90 Å². The minimum atomic E-state index is -0.358. The number of rotatable bonds is 2. The normalized spacial score (nSPS) is 10.4. The minimum Gasteiger partial charge on any atom is -0.497 e. The zero-order valence-corrected chi connectivity index (χ0v) is 7.48. The van der Waals surface area contributed by atoms with E-state index in [1.807, 2.05) is 0 Å². The maximum Gasteiger partial charge on any atom is 0.293 e. The maximum absolute atomic E-state index is 10.6. The van der Waals surface area contributed by atoms with Crippen molar-refractivity contribution in [2.45, 2.75) is 0 Å². The quantitative estimate of drug-likeness (QED) is 0.739. The first-order valence-electron chi connectivity index (χ1n) is 4.01. The molecule has 0 radical (unpaired) electrons. The topological polar surface area (TPSA) is 59.7 Å². The lowest BCUT2D eigenvalue weighted by Gasteiger charge is -1.96. The molecule has 0 saturated heterocycles. The number of carbonyl (C=O) groups excluding carboxylic acids is 1. The van der Waals surface area contributed by atoms with Crippen molar-refractivity contribution >= 4 is 17.3 Å². The number of benzene rings is 1. The Hall–Kier alpha value is -1.97. The van der Waals surface area contributed by atoms with Crippen LogP contribution < -0.4 is 4.74 Å². The smallest absolute Gasteiger partial charge is 0.293 e. The molecule has 4 nitrogen and oxygen atoms in total. The lowest BCUT2D eigenvalue weighted by atomic mass is 10.2. The zero-order chi connectivity index (χ0) is 10.1. The van der Waals surface area contributed by atoms with Crippen LogP contribution in [0.4, 0.5) is 0 Å². The Morgan fingerprint density at radius 1 is 1.50 bits per heavy atom. The van der Waals surface area contributed by atoms with Gasteiger partial charge in [-0.3, -0.25) is 4.79 Å².